The van der Waals surface area contributed by atoms with Crippen LogP contribution in [0.4, 0.5) is 0 Å². The minimum Gasteiger partial charge on any atom is -0.544 e. The van der Waals surface area contributed by atoms with Crippen molar-refractivity contribution in [3.05, 3.63) is 0 Å². The fourth-order valence-corrected chi connectivity index (χ4v) is 3.58. The van der Waals surface area contributed by atoms with Gasteiger partial charge in [-0.1, -0.05) is 13.3 Å². The third kappa shape index (κ3) is 9.98. The number of aliphatic carboxylic acids is 3. The standard InChI is InChI=1S/C18H34N4O6/c1-2-3-10-22(15-18(27)28)11-5-19-4-6-20(13-16(23)24)7-8-21(9-12-22)14-17(25)26/h19H,2-15H2,1H3,(H2-,23,24,25,26,27,28). The van der Waals surface area contributed by atoms with Crippen molar-refractivity contribution >= 4 is 17.9 Å². The first-order valence-electron chi connectivity index (χ1n) is 9.90. The van der Waals surface area contributed by atoms with Crippen LogP contribution < -0.4 is 10.4 Å². The van der Waals surface area contributed by atoms with E-state index in [4.69, 9.17) is 5.11 Å². The van der Waals surface area contributed by atoms with Crippen LogP contribution in [0, 0.1) is 0 Å². The second-order valence-corrected chi connectivity index (χ2v) is 7.49. The Morgan fingerprint density at radius 3 is 2.11 bits per heavy atom. The Labute approximate surface area is 166 Å². The van der Waals surface area contributed by atoms with E-state index < -0.39 is 17.9 Å². The van der Waals surface area contributed by atoms with Crippen LogP contribution in [0.15, 0.2) is 0 Å². The lowest BCUT2D eigenvalue weighted by molar-refractivity contribution is -0.921. The minimum absolute atomic E-state index is 0.0896. The van der Waals surface area contributed by atoms with Gasteiger partial charge in [0, 0.05) is 39.3 Å². The lowest BCUT2D eigenvalue weighted by Crippen LogP contribution is -2.60. The van der Waals surface area contributed by atoms with Gasteiger partial charge in [0.15, 0.2) is 0 Å². The number of carbonyl (C=O) groups excluding carboxylic acids is 1. The summed E-state index contributed by atoms with van der Waals surface area (Å²) >= 11 is 0. The van der Waals surface area contributed by atoms with Crippen molar-refractivity contribution in [1.29, 1.82) is 0 Å². The molecule has 1 atom stereocenters. The third-order valence-electron chi connectivity index (χ3n) is 5.16. The van der Waals surface area contributed by atoms with Crippen molar-refractivity contribution in [2.24, 2.45) is 0 Å². The number of carboxylic acids is 3. The smallest absolute Gasteiger partial charge is 0.317 e. The maximum Gasteiger partial charge on any atom is 0.317 e. The van der Waals surface area contributed by atoms with Gasteiger partial charge >= 0.3 is 11.9 Å². The summed E-state index contributed by atoms with van der Waals surface area (Å²) < 4.78 is 0.359. The SMILES string of the molecule is CCCC[N+]1(CC(=O)[O-])CCNCCN(CC(=O)O)CCN(CC(=O)O)CC1. The molecule has 0 radical (unpaired) electrons. The van der Waals surface area contributed by atoms with E-state index in [9.17, 15) is 24.6 Å². The molecule has 1 fully saturated rings. The number of carboxylic acid groups (broad SMARTS) is 3. The lowest BCUT2D eigenvalue weighted by atomic mass is 10.2. The molecule has 1 rings (SSSR count). The molecule has 0 aromatic rings. The number of hydrogen-bond donors (Lipinski definition) is 3. The fraction of sp³-hybridized carbons (Fsp3) is 0.833. The van der Waals surface area contributed by atoms with Gasteiger partial charge in [-0.25, -0.2) is 0 Å². The summed E-state index contributed by atoms with van der Waals surface area (Å²) in [7, 11) is 0. The van der Waals surface area contributed by atoms with Crippen molar-refractivity contribution < 1.29 is 34.2 Å². The normalized spacial score (nSPS) is 23.5. The summed E-state index contributed by atoms with van der Waals surface area (Å²) in [5.41, 5.74) is 0. The van der Waals surface area contributed by atoms with E-state index in [2.05, 4.69) is 12.2 Å². The van der Waals surface area contributed by atoms with Crippen molar-refractivity contribution in [2.45, 2.75) is 19.8 Å². The molecule has 1 aliphatic heterocycles. The van der Waals surface area contributed by atoms with Crippen LogP contribution in [0.5, 0.6) is 0 Å². The molecule has 0 aliphatic carbocycles. The molecule has 0 bridgehead atoms. The van der Waals surface area contributed by atoms with E-state index in [1.165, 1.54) is 0 Å². The van der Waals surface area contributed by atoms with E-state index in [0.717, 1.165) is 12.8 Å². The lowest BCUT2D eigenvalue weighted by Gasteiger charge is -2.41. The molecule has 1 heterocycles. The number of quaternary nitrogens is 1. The highest BCUT2D eigenvalue weighted by atomic mass is 16.4. The summed E-state index contributed by atoms with van der Waals surface area (Å²) in [5.74, 6) is -2.97. The molecule has 1 unspecified atom stereocenters. The predicted octanol–water partition coefficient (Wildman–Crippen LogP) is -2.27. The van der Waals surface area contributed by atoms with Gasteiger partial charge in [-0.05, 0) is 6.42 Å². The summed E-state index contributed by atoms with van der Waals surface area (Å²) in [6.07, 6.45) is 1.84. The first kappa shape index (κ1) is 24.3. The molecule has 162 valence electrons. The van der Waals surface area contributed by atoms with Gasteiger partial charge in [0.1, 0.15) is 6.54 Å². The number of rotatable bonds is 9. The summed E-state index contributed by atoms with van der Waals surface area (Å²) in [4.78, 5) is 37.2. The van der Waals surface area contributed by atoms with Gasteiger partial charge < -0.3 is 29.9 Å². The molecule has 10 heteroatoms. The van der Waals surface area contributed by atoms with Crippen LogP contribution in [0.3, 0.4) is 0 Å². The second-order valence-electron chi connectivity index (χ2n) is 7.49. The Balaban J connectivity index is 2.93. The Kier molecular flexibility index (Phi) is 11.0. The molecular formula is C18H34N4O6. The number of unbranched alkanes of at least 4 members (excludes halogenated alkanes) is 1. The monoisotopic (exact) mass is 402 g/mol. The highest BCUT2D eigenvalue weighted by Gasteiger charge is 2.28. The van der Waals surface area contributed by atoms with E-state index in [-0.39, 0.29) is 19.6 Å². The Bertz CT molecular complexity index is 518. The van der Waals surface area contributed by atoms with E-state index in [1.54, 1.807) is 9.80 Å². The van der Waals surface area contributed by atoms with Crippen LogP contribution in [-0.4, -0.2) is 121 Å². The van der Waals surface area contributed by atoms with Crippen LogP contribution in [0.2, 0.25) is 0 Å². The number of nitrogens with zero attached hydrogens (tertiary/aromatic N) is 3. The highest BCUT2D eigenvalue weighted by molar-refractivity contribution is 5.69. The molecular weight excluding hydrogens is 368 g/mol. The van der Waals surface area contributed by atoms with Crippen LogP contribution >= 0.6 is 0 Å². The highest BCUT2D eigenvalue weighted by Crippen LogP contribution is 2.11. The zero-order chi connectivity index (χ0) is 21.0. The molecule has 28 heavy (non-hydrogen) atoms. The van der Waals surface area contributed by atoms with Crippen LogP contribution in [0.1, 0.15) is 19.8 Å². The maximum atomic E-state index is 11.4. The van der Waals surface area contributed by atoms with Gasteiger partial charge in [-0.2, -0.15) is 0 Å². The Hall–Kier alpha value is -1.75. The summed E-state index contributed by atoms with van der Waals surface area (Å²) in [6, 6.07) is 0. The third-order valence-corrected chi connectivity index (χ3v) is 5.16. The zero-order valence-corrected chi connectivity index (χ0v) is 16.8. The number of nitrogens with one attached hydrogen (secondary N) is 1. The topological polar surface area (TPSA) is 133 Å². The molecule has 0 aromatic carbocycles. The number of carbonyl (C=O) groups is 3. The van der Waals surface area contributed by atoms with E-state index in [1.807, 2.05) is 0 Å². The van der Waals surface area contributed by atoms with Gasteiger partial charge in [-0.3, -0.25) is 19.4 Å². The second kappa shape index (κ2) is 12.7. The van der Waals surface area contributed by atoms with Crippen molar-refractivity contribution in [1.82, 2.24) is 15.1 Å². The van der Waals surface area contributed by atoms with Crippen molar-refractivity contribution in [3.63, 3.8) is 0 Å². The van der Waals surface area contributed by atoms with Crippen molar-refractivity contribution in [2.75, 3.05) is 78.5 Å². The molecule has 0 aromatic heterocycles. The largest absolute Gasteiger partial charge is 0.544 e. The predicted molar refractivity (Wildman–Crippen MR) is 101 cm³/mol. The Morgan fingerprint density at radius 1 is 0.964 bits per heavy atom. The van der Waals surface area contributed by atoms with E-state index in [0.29, 0.717) is 63.4 Å². The van der Waals surface area contributed by atoms with Gasteiger partial charge in [0.2, 0.25) is 0 Å². The molecule has 1 aliphatic rings. The van der Waals surface area contributed by atoms with Crippen molar-refractivity contribution in [3.8, 4) is 0 Å². The summed E-state index contributed by atoms with van der Waals surface area (Å²) in [6.45, 7) is 6.56. The Morgan fingerprint density at radius 2 is 1.57 bits per heavy atom. The van der Waals surface area contributed by atoms with Gasteiger partial charge in [0.25, 0.3) is 0 Å². The average molecular weight is 402 g/mol. The van der Waals surface area contributed by atoms with Crippen LogP contribution in [-0.2, 0) is 14.4 Å². The van der Waals surface area contributed by atoms with Gasteiger partial charge in [-0.15, -0.1) is 0 Å². The minimum atomic E-state index is -1.10. The van der Waals surface area contributed by atoms with E-state index >= 15 is 0 Å². The summed E-state index contributed by atoms with van der Waals surface area (Å²) in [5, 5.41) is 33.0. The molecule has 10 nitrogen and oxygen atoms in total. The maximum absolute atomic E-state index is 11.4. The molecule has 3 N–H and O–H groups in total. The average Bonchev–Trinajstić information content (AvgIpc) is 2.59. The molecule has 0 saturated carbocycles. The molecule has 1 saturated heterocycles. The molecule has 0 spiro atoms. The quantitative estimate of drug-likeness (QED) is 0.365. The number of hydrogen-bond acceptors (Lipinski definition) is 7. The fourth-order valence-electron chi connectivity index (χ4n) is 3.58. The zero-order valence-electron chi connectivity index (χ0n) is 16.8. The van der Waals surface area contributed by atoms with Gasteiger partial charge in [0.05, 0.1) is 38.7 Å². The molecule has 0 amide bonds. The van der Waals surface area contributed by atoms with Crippen LogP contribution in [0.25, 0.3) is 0 Å². The first-order valence-corrected chi connectivity index (χ1v) is 9.90. The first-order chi connectivity index (χ1) is 13.3.